The second kappa shape index (κ2) is 5.55. The summed E-state index contributed by atoms with van der Waals surface area (Å²) in [4.78, 5) is 35.7. The summed E-state index contributed by atoms with van der Waals surface area (Å²) < 4.78 is 23.1. The number of benzene rings is 2. The number of anilines is 1. The molecule has 1 N–H and O–H groups in total. The van der Waals surface area contributed by atoms with Crippen molar-refractivity contribution in [2.24, 2.45) is 0 Å². The van der Waals surface area contributed by atoms with E-state index in [9.17, 15) is 18.8 Å². The molecule has 2 aliphatic rings. The minimum atomic E-state index is -0.801. The number of carbonyl (C=O) groups is 3. The van der Waals surface area contributed by atoms with Crippen LogP contribution in [0.2, 0.25) is 0 Å². The van der Waals surface area contributed by atoms with Crippen LogP contribution in [0.4, 0.5) is 10.1 Å². The van der Waals surface area contributed by atoms with Crippen LogP contribution in [0.5, 0.6) is 5.75 Å². The molecule has 25 heavy (non-hydrogen) atoms. The molecule has 0 atom stereocenters. The summed E-state index contributed by atoms with van der Waals surface area (Å²) in [6.07, 6.45) is 0. The van der Waals surface area contributed by atoms with Gasteiger partial charge in [0.1, 0.15) is 11.6 Å². The molecule has 2 heterocycles. The SMILES string of the molecule is O=C1COc2ccc(C3=C(c4ccc(F)cc4)C(=O)OC3=O)cc2N1. The summed E-state index contributed by atoms with van der Waals surface area (Å²) >= 11 is 0. The Morgan fingerprint density at radius 2 is 1.52 bits per heavy atom. The van der Waals surface area contributed by atoms with E-state index in [1.54, 1.807) is 12.1 Å². The fourth-order valence-electron chi connectivity index (χ4n) is 2.77. The molecule has 0 unspecified atom stereocenters. The molecule has 7 heteroatoms. The Morgan fingerprint density at radius 3 is 2.24 bits per heavy atom. The summed E-state index contributed by atoms with van der Waals surface area (Å²) in [5.41, 5.74) is 1.25. The number of hydrogen-bond acceptors (Lipinski definition) is 5. The van der Waals surface area contributed by atoms with Gasteiger partial charge in [-0.2, -0.15) is 0 Å². The van der Waals surface area contributed by atoms with E-state index in [0.717, 1.165) is 0 Å². The van der Waals surface area contributed by atoms with Gasteiger partial charge in [-0.05, 0) is 35.4 Å². The van der Waals surface area contributed by atoms with E-state index < -0.39 is 17.8 Å². The Morgan fingerprint density at radius 1 is 0.880 bits per heavy atom. The highest BCUT2D eigenvalue weighted by molar-refractivity contribution is 6.44. The van der Waals surface area contributed by atoms with E-state index >= 15 is 0 Å². The molecule has 0 saturated heterocycles. The lowest BCUT2D eigenvalue weighted by molar-refractivity contribution is -0.149. The molecule has 6 nitrogen and oxygen atoms in total. The number of ether oxygens (including phenoxy) is 2. The number of rotatable bonds is 2. The van der Waals surface area contributed by atoms with Crippen molar-refractivity contribution in [3.05, 3.63) is 59.4 Å². The minimum absolute atomic E-state index is 0.0491. The van der Waals surface area contributed by atoms with Crippen LogP contribution in [0.15, 0.2) is 42.5 Å². The Bertz CT molecular complexity index is 962. The Balaban J connectivity index is 1.87. The van der Waals surface area contributed by atoms with E-state index in [1.807, 2.05) is 0 Å². The lowest BCUT2D eigenvalue weighted by Crippen LogP contribution is -2.25. The van der Waals surface area contributed by atoms with Gasteiger partial charge in [-0.1, -0.05) is 18.2 Å². The van der Waals surface area contributed by atoms with Gasteiger partial charge >= 0.3 is 11.9 Å². The number of carbonyl (C=O) groups excluding carboxylic acids is 3. The van der Waals surface area contributed by atoms with Crippen molar-refractivity contribution >= 4 is 34.7 Å². The smallest absolute Gasteiger partial charge is 0.347 e. The zero-order valence-electron chi connectivity index (χ0n) is 12.7. The van der Waals surface area contributed by atoms with Gasteiger partial charge in [0.05, 0.1) is 16.8 Å². The molecule has 0 fully saturated rings. The Hall–Kier alpha value is -3.48. The molecule has 4 rings (SSSR count). The third kappa shape index (κ3) is 2.55. The van der Waals surface area contributed by atoms with Crippen LogP contribution >= 0.6 is 0 Å². The highest BCUT2D eigenvalue weighted by Crippen LogP contribution is 2.37. The molecular weight excluding hydrogens is 329 g/mol. The fraction of sp³-hybridized carbons (Fsp3) is 0.0556. The highest BCUT2D eigenvalue weighted by atomic mass is 19.1. The summed E-state index contributed by atoms with van der Waals surface area (Å²) in [5.74, 6) is -1.92. The number of nitrogens with one attached hydrogen (secondary N) is 1. The monoisotopic (exact) mass is 339 g/mol. The number of hydrogen-bond donors (Lipinski definition) is 1. The van der Waals surface area contributed by atoms with Crippen molar-refractivity contribution in [2.75, 3.05) is 11.9 Å². The third-order valence-electron chi connectivity index (χ3n) is 3.88. The Kier molecular flexibility index (Phi) is 3.35. The van der Waals surface area contributed by atoms with Gasteiger partial charge in [-0.3, -0.25) is 4.79 Å². The van der Waals surface area contributed by atoms with Gasteiger partial charge in [-0.25, -0.2) is 14.0 Å². The zero-order chi connectivity index (χ0) is 17.6. The Labute approximate surface area is 140 Å². The second-order valence-corrected chi connectivity index (χ2v) is 5.48. The number of fused-ring (bicyclic) bond motifs is 1. The molecule has 2 aromatic rings. The number of esters is 2. The van der Waals surface area contributed by atoms with Crippen LogP contribution in [0.25, 0.3) is 11.1 Å². The van der Waals surface area contributed by atoms with E-state index in [1.165, 1.54) is 30.3 Å². The first-order chi connectivity index (χ1) is 12.0. The van der Waals surface area contributed by atoms with Crippen molar-refractivity contribution in [2.45, 2.75) is 0 Å². The van der Waals surface area contributed by atoms with Gasteiger partial charge in [0.25, 0.3) is 5.91 Å². The molecule has 124 valence electrons. The van der Waals surface area contributed by atoms with Crippen molar-refractivity contribution in [3.63, 3.8) is 0 Å². The maximum Gasteiger partial charge on any atom is 0.347 e. The van der Waals surface area contributed by atoms with Gasteiger partial charge in [0.15, 0.2) is 6.61 Å². The first-order valence-electron chi connectivity index (χ1n) is 7.37. The lowest BCUT2D eigenvalue weighted by Gasteiger charge is -2.18. The van der Waals surface area contributed by atoms with Crippen LogP contribution in [-0.4, -0.2) is 24.5 Å². The molecule has 0 saturated carbocycles. The summed E-state index contributed by atoms with van der Waals surface area (Å²) in [6, 6.07) is 9.89. The standard InChI is InChI=1S/C18H10FNO5/c19-11-4-1-9(2-5-11)15-16(18(23)25-17(15)22)10-3-6-13-12(7-10)20-14(21)8-24-13/h1-7H,8H2,(H,20,21). The van der Waals surface area contributed by atoms with Crippen LogP contribution in [0.3, 0.4) is 0 Å². The zero-order valence-corrected chi connectivity index (χ0v) is 12.7. The second-order valence-electron chi connectivity index (χ2n) is 5.48. The summed E-state index contributed by atoms with van der Waals surface area (Å²) in [7, 11) is 0. The van der Waals surface area contributed by atoms with Crippen molar-refractivity contribution < 1.29 is 28.2 Å². The van der Waals surface area contributed by atoms with Gasteiger partial charge in [-0.15, -0.1) is 0 Å². The summed E-state index contributed by atoms with van der Waals surface area (Å²) in [6.45, 7) is -0.0869. The topological polar surface area (TPSA) is 81.7 Å². The van der Waals surface area contributed by atoms with E-state index in [4.69, 9.17) is 9.47 Å². The molecule has 2 aliphatic heterocycles. The molecular formula is C18H10FNO5. The molecule has 0 radical (unpaired) electrons. The third-order valence-corrected chi connectivity index (χ3v) is 3.88. The minimum Gasteiger partial charge on any atom is -0.482 e. The summed E-state index contributed by atoms with van der Waals surface area (Å²) in [5, 5.41) is 2.64. The van der Waals surface area contributed by atoms with Gasteiger partial charge < -0.3 is 14.8 Å². The molecule has 2 aromatic carbocycles. The number of amides is 1. The normalized spacial score (nSPS) is 16.3. The number of halogens is 1. The predicted molar refractivity (Wildman–Crippen MR) is 84.9 cm³/mol. The predicted octanol–water partition coefficient (Wildman–Crippen LogP) is 2.15. The van der Waals surface area contributed by atoms with Crippen LogP contribution in [-0.2, 0) is 19.1 Å². The first-order valence-corrected chi connectivity index (χ1v) is 7.37. The van der Waals surface area contributed by atoms with E-state index in [-0.39, 0.29) is 23.7 Å². The molecule has 0 spiro atoms. The van der Waals surface area contributed by atoms with Crippen molar-refractivity contribution in [1.29, 1.82) is 0 Å². The quantitative estimate of drug-likeness (QED) is 0.670. The average Bonchev–Trinajstić information content (AvgIpc) is 2.89. The van der Waals surface area contributed by atoms with Crippen molar-refractivity contribution in [1.82, 2.24) is 0 Å². The maximum absolute atomic E-state index is 13.1. The van der Waals surface area contributed by atoms with E-state index in [2.05, 4.69) is 5.32 Å². The molecule has 1 amide bonds. The van der Waals surface area contributed by atoms with Crippen molar-refractivity contribution in [3.8, 4) is 5.75 Å². The average molecular weight is 339 g/mol. The van der Waals surface area contributed by atoms with E-state index in [0.29, 0.717) is 22.6 Å². The van der Waals surface area contributed by atoms with Gasteiger partial charge in [0, 0.05) is 0 Å². The van der Waals surface area contributed by atoms with Crippen LogP contribution in [0, 0.1) is 5.82 Å². The highest BCUT2D eigenvalue weighted by Gasteiger charge is 2.35. The fourth-order valence-corrected chi connectivity index (χ4v) is 2.77. The van der Waals surface area contributed by atoms with Crippen LogP contribution < -0.4 is 10.1 Å². The first kappa shape index (κ1) is 15.1. The van der Waals surface area contributed by atoms with Gasteiger partial charge in [0.2, 0.25) is 0 Å². The largest absolute Gasteiger partial charge is 0.482 e. The number of cyclic esters (lactones) is 2. The molecule has 0 aromatic heterocycles. The maximum atomic E-state index is 13.1. The molecule has 0 aliphatic carbocycles. The molecule has 0 bridgehead atoms. The van der Waals surface area contributed by atoms with Crippen LogP contribution in [0.1, 0.15) is 11.1 Å². The lowest BCUT2D eigenvalue weighted by atomic mass is 9.95.